The molecule has 1 aliphatic carbocycles. The van der Waals surface area contributed by atoms with Crippen molar-refractivity contribution in [1.82, 2.24) is 4.57 Å². The van der Waals surface area contributed by atoms with Crippen LogP contribution in [0.5, 0.6) is 5.75 Å². The second-order valence-electron chi connectivity index (χ2n) is 10.4. The molecule has 38 heavy (non-hydrogen) atoms. The van der Waals surface area contributed by atoms with Crippen LogP contribution >= 0.6 is 0 Å². The van der Waals surface area contributed by atoms with E-state index in [-0.39, 0.29) is 40.1 Å². The maximum absolute atomic E-state index is 13.7. The molecule has 2 aliphatic rings. The topological polar surface area (TPSA) is 150 Å². The van der Waals surface area contributed by atoms with E-state index in [9.17, 15) is 27.9 Å². The molecule has 1 atom stereocenters. The summed E-state index contributed by atoms with van der Waals surface area (Å²) in [5.41, 5.74) is -1.07. The van der Waals surface area contributed by atoms with E-state index in [1.807, 2.05) is 0 Å². The number of methoxy groups -OCH3 is 1. The van der Waals surface area contributed by atoms with Gasteiger partial charge in [0.05, 0.1) is 28.1 Å². The van der Waals surface area contributed by atoms with Crippen LogP contribution in [-0.4, -0.2) is 56.1 Å². The molecule has 206 valence electrons. The number of amides is 1. The van der Waals surface area contributed by atoms with E-state index in [0.29, 0.717) is 31.6 Å². The van der Waals surface area contributed by atoms with Crippen LogP contribution in [0.4, 0.5) is 10.5 Å². The largest absolute Gasteiger partial charge is 0.491 e. The average Bonchev–Trinajstić information content (AvgIpc) is 3.64. The summed E-state index contributed by atoms with van der Waals surface area (Å²) in [6, 6.07) is 3.70. The highest BCUT2D eigenvalue weighted by molar-refractivity contribution is 7.92. The van der Waals surface area contributed by atoms with Crippen LogP contribution in [0.1, 0.15) is 74.2 Å². The third-order valence-corrected chi connectivity index (χ3v) is 8.47. The Kier molecular flexibility index (Phi) is 7.32. The minimum Gasteiger partial charge on any atom is -0.491 e. The number of carbonyl (C=O) groups excluding carboxylic acids is 1. The van der Waals surface area contributed by atoms with Gasteiger partial charge < -0.3 is 23.9 Å². The van der Waals surface area contributed by atoms with E-state index in [1.54, 1.807) is 27.9 Å². The fourth-order valence-electron chi connectivity index (χ4n) is 4.44. The number of nitrogens with zero attached hydrogens (tertiary/aromatic N) is 1. The van der Waals surface area contributed by atoms with Crippen LogP contribution < -0.4 is 15.6 Å². The summed E-state index contributed by atoms with van der Waals surface area (Å²) in [5, 5.41) is 11.2. The zero-order valence-electron chi connectivity index (χ0n) is 22.0. The molecule has 2 aromatic rings. The second kappa shape index (κ2) is 10.1. The van der Waals surface area contributed by atoms with Crippen LogP contribution in [-0.2, 0) is 19.3 Å². The van der Waals surface area contributed by atoms with Gasteiger partial charge in [-0.15, -0.1) is 0 Å². The molecule has 1 saturated carbocycles. The Morgan fingerprint density at radius 1 is 1.16 bits per heavy atom. The first-order valence-electron chi connectivity index (χ1n) is 12.3. The first-order valence-corrected chi connectivity index (χ1v) is 13.9. The fraction of sp³-hybridized carbons (Fsp3) is 0.500. The van der Waals surface area contributed by atoms with Crippen LogP contribution in [0.25, 0.3) is 11.3 Å². The third-order valence-electron chi connectivity index (χ3n) is 6.34. The van der Waals surface area contributed by atoms with Gasteiger partial charge in [0.2, 0.25) is 0 Å². The van der Waals surface area contributed by atoms with E-state index in [1.165, 1.54) is 23.6 Å². The Labute approximate surface area is 220 Å². The number of sulfone groups is 1. The summed E-state index contributed by atoms with van der Waals surface area (Å²) >= 11 is 0. The number of anilines is 1. The molecular formula is C26H32N2O9S. The lowest BCUT2D eigenvalue weighted by Crippen LogP contribution is -2.32. The Morgan fingerprint density at radius 2 is 1.84 bits per heavy atom. The Bertz CT molecular complexity index is 1450. The van der Waals surface area contributed by atoms with Gasteiger partial charge in [-0.25, -0.2) is 18.0 Å². The molecule has 1 amide bonds. The first kappa shape index (κ1) is 27.6. The molecule has 1 unspecified atom stereocenters. The molecule has 1 aliphatic heterocycles. The number of hydrogen-bond donors (Lipinski definition) is 2. The van der Waals surface area contributed by atoms with Gasteiger partial charge in [-0.1, -0.05) is 0 Å². The molecule has 0 spiro atoms. The van der Waals surface area contributed by atoms with Crippen LogP contribution in [0.15, 0.2) is 27.9 Å². The molecule has 0 radical (unpaired) electrons. The van der Waals surface area contributed by atoms with Gasteiger partial charge in [0, 0.05) is 37.8 Å². The van der Waals surface area contributed by atoms with Gasteiger partial charge in [0.15, 0.2) is 9.84 Å². The number of hydrogen-bond acceptors (Lipinski definition) is 8. The second-order valence-corrected chi connectivity index (χ2v) is 12.7. The normalized spacial score (nSPS) is 17.8. The Balaban J connectivity index is 1.95. The monoisotopic (exact) mass is 548 g/mol. The van der Waals surface area contributed by atoms with Crippen molar-refractivity contribution < 1.29 is 37.3 Å². The van der Waals surface area contributed by atoms with Crippen molar-refractivity contribution in [3.63, 3.8) is 0 Å². The SMILES string of the molecule is COCCCOc1cc2c(cc1NC(=O)OC(C)(C)C)-c1c(cc(C(=O)O)c(=O)n1C1CC1)C(C)S2(=O)=O. The lowest BCUT2D eigenvalue weighted by atomic mass is 9.99. The number of carbonyl (C=O) groups is 2. The molecule has 11 nitrogen and oxygen atoms in total. The molecule has 2 heterocycles. The minimum absolute atomic E-state index is 0.0640. The van der Waals surface area contributed by atoms with E-state index < -0.39 is 43.9 Å². The summed E-state index contributed by atoms with van der Waals surface area (Å²) in [7, 11) is -2.45. The van der Waals surface area contributed by atoms with E-state index in [2.05, 4.69) is 5.32 Å². The maximum Gasteiger partial charge on any atom is 0.412 e. The maximum atomic E-state index is 13.7. The summed E-state index contributed by atoms with van der Waals surface area (Å²) in [5.74, 6) is -1.30. The number of pyridine rings is 1. The number of aromatic carboxylic acids is 1. The van der Waals surface area contributed by atoms with E-state index in [0.717, 1.165) is 6.07 Å². The number of nitrogens with one attached hydrogen (secondary N) is 1. The van der Waals surface area contributed by atoms with Gasteiger partial charge in [0.1, 0.15) is 16.9 Å². The summed E-state index contributed by atoms with van der Waals surface area (Å²) in [6.45, 7) is 7.20. The van der Waals surface area contributed by atoms with Crippen molar-refractivity contribution in [2.24, 2.45) is 0 Å². The molecule has 0 bridgehead atoms. The van der Waals surface area contributed by atoms with Crippen molar-refractivity contribution in [1.29, 1.82) is 0 Å². The molecule has 1 fully saturated rings. The van der Waals surface area contributed by atoms with Gasteiger partial charge >= 0.3 is 12.1 Å². The zero-order valence-corrected chi connectivity index (χ0v) is 22.8. The highest BCUT2D eigenvalue weighted by Crippen LogP contribution is 2.50. The van der Waals surface area contributed by atoms with Crippen molar-refractivity contribution >= 4 is 27.6 Å². The standard InChI is InChI=1S/C26H32N2O9S/c1-14-16-11-18(24(30)31)23(29)28(15-7-8-15)22(16)17-12-19(27-25(32)37-26(2,3)4)20(36-10-6-9-35-5)13-21(17)38(14,33)34/h11-15H,6-10H2,1-5H3,(H,27,32)(H,30,31). The number of carboxylic acid groups (broad SMARTS) is 1. The Morgan fingerprint density at radius 3 is 2.42 bits per heavy atom. The summed E-state index contributed by atoms with van der Waals surface area (Å²) in [4.78, 5) is 37.7. The van der Waals surface area contributed by atoms with Crippen LogP contribution in [0.3, 0.4) is 0 Å². The number of ether oxygens (including phenoxy) is 3. The predicted octanol–water partition coefficient (Wildman–Crippen LogP) is 4.16. The smallest absolute Gasteiger partial charge is 0.412 e. The van der Waals surface area contributed by atoms with Gasteiger partial charge in [-0.2, -0.15) is 0 Å². The molecular weight excluding hydrogens is 516 g/mol. The third kappa shape index (κ3) is 5.28. The van der Waals surface area contributed by atoms with Crippen molar-refractivity contribution in [2.45, 2.75) is 68.7 Å². The average molecular weight is 549 g/mol. The molecule has 0 saturated heterocycles. The lowest BCUT2D eigenvalue weighted by Gasteiger charge is -2.30. The fourth-order valence-corrected chi connectivity index (χ4v) is 6.07. The number of benzene rings is 1. The van der Waals surface area contributed by atoms with Gasteiger partial charge in [-0.05, 0) is 58.2 Å². The zero-order chi connectivity index (χ0) is 28.0. The molecule has 1 aromatic heterocycles. The number of carboxylic acids is 1. The van der Waals surface area contributed by atoms with Crippen molar-refractivity contribution in [3.05, 3.63) is 39.7 Å². The number of fused-ring (bicyclic) bond motifs is 3. The molecule has 4 rings (SSSR count). The van der Waals surface area contributed by atoms with Gasteiger partial charge in [0.25, 0.3) is 5.56 Å². The highest BCUT2D eigenvalue weighted by atomic mass is 32.2. The predicted molar refractivity (Wildman–Crippen MR) is 139 cm³/mol. The van der Waals surface area contributed by atoms with Crippen molar-refractivity contribution in [2.75, 3.05) is 25.6 Å². The Hall–Kier alpha value is -3.38. The van der Waals surface area contributed by atoms with Gasteiger partial charge in [-0.3, -0.25) is 10.1 Å². The number of rotatable bonds is 8. The molecule has 2 N–H and O–H groups in total. The lowest BCUT2D eigenvalue weighted by molar-refractivity contribution is 0.0633. The minimum atomic E-state index is -4.00. The summed E-state index contributed by atoms with van der Waals surface area (Å²) < 4.78 is 45.0. The van der Waals surface area contributed by atoms with Crippen LogP contribution in [0, 0.1) is 0 Å². The number of aromatic nitrogens is 1. The van der Waals surface area contributed by atoms with E-state index >= 15 is 0 Å². The van der Waals surface area contributed by atoms with E-state index in [4.69, 9.17) is 14.2 Å². The summed E-state index contributed by atoms with van der Waals surface area (Å²) in [6.07, 6.45) is 1.07. The highest BCUT2D eigenvalue weighted by Gasteiger charge is 2.41. The quantitative estimate of drug-likeness (QED) is 0.464. The van der Waals surface area contributed by atoms with Crippen molar-refractivity contribution in [3.8, 4) is 17.0 Å². The first-order chi connectivity index (χ1) is 17.8. The molecule has 1 aromatic carbocycles. The molecule has 12 heteroatoms. The van der Waals surface area contributed by atoms with Crippen LogP contribution in [0.2, 0.25) is 0 Å².